The summed E-state index contributed by atoms with van der Waals surface area (Å²) in [7, 11) is 0. The molecule has 0 aliphatic carbocycles. The molecule has 0 unspecified atom stereocenters. The Morgan fingerprint density at radius 2 is 2.42 bits per heavy atom. The number of nitrogens with zero attached hydrogens (tertiary/aromatic N) is 4. The molecule has 12 heavy (non-hydrogen) atoms. The highest BCUT2D eigenvalue weighted by molar-refractivity contribution is 5.36. The van der Waals surface area contributed by atoms with E-state index in [9.17, 15) is 0 Å². The number of aryl methyl sites for hydroxylation is 1. The van der Waals surface area contributed by atoms with Crippen LogP contribution in [0.2, 0.25) is 0 Å². The molecule has 0 aromatic carbocycles. The van der Waals surface area contributed by atoms with Crippen molar-refractivity contribution in [3.8, 4) is 12.3 Å². The highest BCUT2D eigenvalue weighted by Crippen LogP contribution is 2.02. The Morgan fingerprint density at radius 1 is 1.58 bits per heavy atom. The summed E-state index contributed by atoms with van der Waals surface area (Å²) in [6, 6.07) is 1.79. The van der Waals surface area contributed by atoms with E-state index in [1.165, 1.54) is 10.8 Å². The average molecular weight is 158 g/mol. The minimum atomic E-state index is 0.544. The molecule has 0 bridgehead atoms. The van der Waals surface area contributed by atoms with Gasteiger partial charge in [0.2, 0.25) is 0 Å². The predicted octanol–water partition coefficient (Wildman–Crippen LogP) is 0.414. The Labute approximate surface area is 69.3 Å². The van der Waals surface area contributed by atoms with Crippen LogP contribution in [-0.4, -0.2) is 19.6 Å². The molecule has 0 atom stereocenters. The second-order valence-electron chi connectivity index (χ2n) is 2.40. The van der Waals surface area contributed by atoms with Crippen LogP contribution in [0.15, 0.2) is 12.4 Å². The maximum atomic E-state index is 5.28. The number of fused-ring (bicyclic) bond motifs is 1. The van der Waals surface area contributed by atoms with Crippen LogP contribution < -0.4 is 0 Å². The number of terminal acetylenes is 1. The van der Waals surface area contributed by atoms with Crippen molar-refractivity contribution in [2.24, 2.45) is 0 Å². The van der Waals surface area contributed by atoms with E-state index >= 15 is 0 Å². The third-order valence-electron chi connectivity index (χ3n) is 1.53. The van der Waals surface area contributed by atoms with Crippen LogP contribution in [0.4, 0.5) is 0 Å². The summed E-state index contributed by atoms with van der Waals surface area (Å²) in [4.78, 5) is 8.07. The topological polar surface area (TPSA) is 43.1 Å². The number of hydrogen-bond acceptors (Lipinski definition) is 3. The molecule has 0 fully saturated rings. The van der Waals surface area contributed by atoms with E-state index < -0.39 is 0 Å². The fourth-order valence-electron chi connectivity index (χ4n) is 1.03. The molecule has 2 rings (SSSR count). The Hall–Kier alpha value is -1.89. The molecule has 4 heteroatoms. The van der Waals surface area contributed by atoms with Crippen LogP contribution in [0.25, 0.3) is 5.78 Å². The fraction of sp³-hybridized carbons (Fsp3) is 0.125. The molecule has 58 valence electrons. The molecule has 0 aliphatic heterocycles. The lowest BCUT2D eigenvalue weighted by Gasteiger charge is -1.96. The Bertz CT molecular complexity index is 463. The van der Waals surface area contributed by atoms with E-state index in [0.717, 1.165) is 5.69 Å². The Morgan fingerprint density at radius 3 is 3.17 bits per heavy atom. The lowest BCUT2D eigenvalue weighted by atomic mass is 10.3. The Balaban J connectivity index is 2.91. The lowest BCUT2D eigenvalue weighted by Crippen LogP contribution is -1.98. The molecule has 2 heterocycles. The van der Waals surface area contributed by atoms with E-state index in [1.807, 2.05) is 6.92 Å². The van der Waals surface area contributed by atoms with Crippen LogP contribution in [0.5, 0.6) is 0 Å². The predicted molar refractivity (Wildman–Crippen MR) is 43.5 cm³/mol. The molecule has 0 amide bonds. The van der Waals surface area contributed by atoms with E-state index in [2.05, 4.69) is 21.0 Å². The molecule has 2 aromatic rings. The van der Waals surface area contributed by atoms with Crippen LogP contribution in [0.1, 0.15) is 11.4 Å². The molecule has 4 nitrogen and oxygen atoms in total. The summed E-state index contributed by atoms with van der Waals surface area (Å²) < 4.78 is 1.53. The molecular weight excluding hydrogens is 152 g/mol. The smallest absolute Gasteiger partial charge is 0.216 e. The van der Waals surface area contributed by atoms with Gasteiger partial charge in [-0.2, -0.15) is 14.6 Å². The van der Waals surface area contributed by atoms with Gasteiger partial charge in [0.05, 0.1) is 0 Å². The van der Waals surface area contributed by atoms with Crippen molar-refractivity contribution in [2.75, 3.05) is 0 Å². The van der Waals surface area contributed by atoms with Crippen LogP contribution >= 0.6 is 0 Å². The first-order valence-corrected chi connectivity index (χ1v) is 3.45. The third-order valence-corrected chi connectivity index (χ3v) is 1.53. The van der Waals surface area contributed by atoms with E-state index in [1.54, 1.807) is 6.07 Å². The molecule has 0 N–H and O–H groups in total. The second kappa shape index (κ2) is 2.31. The van der Waals surface area contributed by atoms with Gasteiger partial charge in [0, 0.05) is 5.69 Å². The zero-order valence-corrected chi connectivity index (χ0v) is 6.52. The minimum absolute atomic E-state index is 0.544. The van der Waals surface area contributed by atoms with E-state index in [-0.39, 0.29) is 0 Å². The molecule has 0 saturated heterocycles. The van der Waals surface area contributed by atoms with E-state index in [0.29, 0.717) is 11.5 Å². The zero-order chi connectivity index (χ0) is 8.55. The van der Waals surface area contributed by atoms with Crippen molar-refractivity contribution >= 4 is 5.78 Å². The van der Waals surface area contributed by atoms with Gasteiger partial charge in [-0.3, -0.25) is 0 Å². The van der Waals surface area contributed by atoms with Gasteiger partial charge in [0.15, 0.2) is 0 Å². The summed E-state index contributed by atoms with van der Waals surface area (Å²) in [5, 5.41) is 3.93. The monoisotopic (exact) mass is 158 g/mol. The van der Waals surface area contributed by atoms with Crippen molar-refractivity contribution in [1.82, 2.24) is 19.6 Å². The maximum Gasteiger partial charge on any atom is 0.253 e. The third kappa shape index (κ3) is 0.839. The standard InChI is InChI=1S/C8H6N4/c1-3-7-4-6(2)11-8-9-5-10-12(7)8/h1,4-5H,2H3. The van der Waals surface area contributed by atoms with Gasteiger partial charge in [-0.1, -0.05) is 0 Å². The molecule has 0 saturated carbocycles. The number of aromatic nitrogens is 4. The highest BCUT2D eigenvalue weighted by Gasteiger charge is 2.01. The minimum Gasteiger partial charge on any atom is -0.216 e. The molecule has 2 aromatic heterocycles. The van der Waals surface area contributed by atoms with Crippen molar-refractivity contribution in [3.63, 3.8) is 0 Å². The Kier molecular flexibility index (Phi) is 1.31. The average Bonchev–Trinajstić information content (AvgIpc) is 2.50. The summed E-state index contributed by atoms with van der Waals surface area (Å²) >= 11 is 0. The summed E-state index contributed by atoms with van der Waals surface area (Å²) in [5.41, 5.74) is 1.53. The largest absolute Gasteiger partial charge is 0.253 e. The van der Waals surface area contributed by atoms with Crippen molar-refractivity contribution < 1.29 is 0 Å². The summed E-state index contributed by atoms with van der Waals surface area (Å²) in [5.74, 6) is 3.06. The van der Waals surface area contributed by atoms with Gasteiger partial charge in [-0.15, -0.1) is 6.42 Å². The van der Waals surface area contributed by atoms with Crippen molar-refractivity contribution in [3.05, 3.63) is 23.8 Å². The lowest BCUT2D eigenvalue weighted by molar-refractivity contribution is 0.913. The van der Waals surface area contributed by atoms with Gasteiger partial charge >= 0.3 is 0 Å². The van der Waals surface area contributed by atoms with Gasteiger partial charge < -0.3 is 0 Å². The van der Waals surface area contributed by atoms with Gasteiger partial charge in [-0.05, 0) is 18.9 Å². The molecule has 0 spiro atoms. The molecule has 0 aliphatic rings. The van der Waals surface area contributed by atoms with Gasteiger partial charge in [0.1, 0.15) is 12.0 Å². The van der Waals surface area contributed by atoms with Crippen LogP contribution in [-0.2, 0) is 0 Å². The summed E-state index contributed by atoms with van der Waals surface area (Å²) in [6.07, 6.45) is 6.71. The number of hydrogen-bond donors (Lipinski definition) is 0. The normalized spacial score (nSPS) is 10.0. The number of rotatable bonds is 0. The van der Waals surface area contributed by atoms with E-state index in [4.69, 9.17) is 6.42 Å². The molecular formula is C8H6N4. The highest BCUT2D eigenvalue weighted by atomic mass is 15.3. The van der Waals surface area contributed by atoms with Crippen LogP contribution in [0.3, 0.4) is 0 Å². The van der Waals surface area contributed by atoms with Crippen LogP contribution in [0, 0.1) is 19.3 Å². The first-order chi connectivity index (χ1) is 5.81. The first-order valence-electron chi connectivity index (χ1n) is 3.45. The SMILES string of the molecule is C#Cc1cc(C)nc2ncnn12. The van der Waals surface area contributed by atoms with Gasteiger partial charge in [-0.25, -0.2) is 4.98 Å². The first kappa shape index (κ1) is 6.80. The van der Waals surface area contributed by atoms with Crippen molar-refractivity contribution in [1.29, 1.82) is 0 Å². The zero-order valence-electron chi connectivity index (χ0n) is 6.52. The fourth-order valence-corrected chi connectivity index (χ4v) is 1.03. The molecule has 0 radical (unpaired) electrons. The second-order valence-corrected chi connectivity index (χ2v) is 2.40. The maximum absolute atomic E-state index is 5.28. The van der Waals surface area contributed by atoms with Crippen molar-refractivity contribution in [2.45, 2.75) is 6.92 Å². The van der Waals surface area contributed by atoms with Gasteiger partial charge in [0.25, 0.3) is 5.78 Å². The summed E-state index contributed by atoms with van der Waals surface area (Å²) in [6.45, 7) is 1.87. The quantitative estimate of drug-likeness (QED) is 0.522.